The molecule has 170 valence electrons. The molecule has 0 bridgehead atoms. The van der Waals surface area contributed by atoms with Crippen molar-refractivity contribution in [2.24, 2.45) is 10.4 Å². The largest absolute Gasteiger partial charge is 0.287 e. The van der Waals surface area contributed by atoms with Crippen LogP contribution in [0.5, 0.6) is 0 Å². The van der Waals surface area contributed by atoms with Crippen molar-refractivity contribution >= 4 is 17.0 Å². The molecule has 0 unspecified atom stereocenters. The topological polar surface area (TPSA) is 29.0 Å². The number of aryl methyl sites for hydroxylation is 3. The number of aliphatic imine (C=N–C) groups is 1. The number of para-hydroxylation sites is 1. The molecule has 1 heterocycles. The highest BCUT2D eigenvalue weighted by molar-refractivity contribution is 6.32. The fourth-order valence-electron chi connectivity index (χ4n) is 5.32. The lowest BCUT2D eigenvalue weighted by Crippen LogP contribution is -2.83. The molecular formula is C31H37N2+. The molecule has 0 saturated carbocycles. The Morgan fingerprint density at radius 3 is 1.97 bits per heavy atom. The minimum Gasteiger partial charge on any atom is -0.287 e. The standard InChI is InChI=1S/C31H36N2/c1-20-17-21(2)19-24(18-20)28(32-8)26(23-14-10-9-11-15-23)29-31(6,7)30(4,5)25-16-12-13-22(3)27(25)33-29/h9-19,33H,1-8H3/p+1. The summed E-state index contributed by atoms with van der Waals surface area (Å²) in [6, 6.07) is 24.3. The Hall–Kier alpha value is -2.97. The average Bonchev–Trinajstić information content (AvgIpc) is 2.75. The molecule has 2 nitrogen and oxygen atoms in total. The van der Waals surface area contributed by atoms with Crippen molar-refractivity contribution in [3.8, 4) is 0 Å². The Balaban J connectivity index is 2.09. The van der Waals surface area contributed by atoms with E-state index >= 15 is 0 Å². The molecule has 0 aliphatic carbocycles. The van der Waals surface area contributed by atoms with Gasteiger partial charge in [-0.3, -0.25) is 10.3 Å². The molecule has 0 aromatic heterocycles. The fourth-order valence-corrected chi connectivity index (χ4v) is 5.32. The summed E-state index contributed by atoms with van der Waals surface area (Å²) in [6.45, 7) is 16.1. The first-order chi connectivity index (χ1) is 15.6. The number of fused-ring (bicyclic) bond motifs is 1. The molecule has 0 fully saturated rings. The molecule has 3 aromatic rings. The second-order valence-corrected chi connectivity index (χ2v) is 10.5. The van der Waals surface area contributed by atoms with Crippen LogP contribution in [-0.4, -0.2) is 12.8 Å². The van der Waals surface area contributed by atoms with E-state index in [4.69, 9.17) is 4.99 Å². The van der Waals surface area contributed by atoms with E-state index in [9.17, 15) is 0 Å². The van der Waals surface area contributed by atoms with Gasteiger partial charge in [-0.2, -0.15) is 0 Å². The number of nitrogens with two attached hydrogens (primary N) is 1. The van der Waals surface area contributed by atoms with Crippen LogP contribution < -0.4 is 5.32 Å². The summed E-state index contributed by atoms with van der Waals surface area (Å²) in [7, 11) is 1.93. The number of nitrogens with zero attached hydrogens (tertiary/aromatic N) is 1. The van der Waals surface area contributed by atoms with Crippen LogP contribution in [-0.2, 0) is 5.41 Å². The van der Waals surface area contributed by atoms with Crippen LogP contribution in [0.1, 0.15) is 61.1 Å². The van der Waals surface area contributed by atoms with E-state index in [-0.39, 0.29) is 10.8 Å². The monoisotopic (exact) mass is 437 g/mol. The Morgan fingerprint density at radius 1 is 0.727 bits per heavy atom. The Kier molecular flexibility index (Phi) is 5.92. The maximum Gasteiger partial charge on any atom is 0.141 e. The zero-order chi connectivity index (χ0) is 24.0. The lowest BCUT2D eigenvalue weighted by molar-refractivity contribution is -0.538. The molecular weight excluding hydrogens is 400 g/mol. The first-order valence-electron chi connectivity index (χ1n) is 11.9. The van der Waals surface area contributed by atoms with Crippen LogP contribution >= 0.6 is 0 Å². The van der Waals surface area contributed by atoms with Crippen molar-refractivity contribution in [2.45, 2.75) is 53.9 Å². The third-order valence-corrected chi connectivity index (χ3v) is 7.81. The lowest BCUT2D eigenvalue weighted by atomic mass is 9.58. The molecule has 0 amide bonds. The highest BCUT2D eigenvalue weighted by Crippen LogP contribution is 2.51. The summed E-state index contributed by atoms with van der Waals surface area (Å²) in [5, 5.41) is 2.44. The summed E-state index contributed by atoms with van der Waals surface area (Å²) in [4.78, 5) is 4.92. The molecule has 0 saturated heterocycles. The summed E-state index contributed by atoms with van der Waals surface area (Å²) < 4.78 is 0. The summed E-state index contributed by atoms with van der Waals surface area (Å²) in [5.74, 6) is 0. The van der Waals surface area contributed by atoms with E-state index in [2.05, 4.69) is 121 Å². The molecule has 2 N–H and O–H groups in total. The number of hydrogen-bond acceptors (Lipinski definition) is 1. The SMILES string of the molecule is CN=C(C(=C1[NH2+]c2c(C)cccc2C(C)(C)C1(C)C)c1ccccc1)c1cc(C)cc(C)c1. The number of allylic oxidation sites excluding steroid dienone is 2. The number of benzene rings is 3. The predicted octanol–water partition coefficient (Wildman–Crippen LogP) is 6.65. The van der Waals surface area contributed by atoms with Gasteiger partial charge in [0, 0.05) is 34.6 Å². The van der Waals surface area contributed by atoms with Crippen molar-refractivity contribution < 1.29 is 5.32 Å². The highest BCUT2D eigenvalue weighted by atomic mass is 15.0. The molecule has 33 heavy (non-hydrogen) atoms. The summed E-state index contributed by atoms with van der Waals surface area (Å²) in [6.07, 6.45) is 0. The van der Waals surface area contributed by atoms with E-state index in [1.54, 1.807) is 0 Å². The van der Waals surface area contributed by atoms with Crippen molar-refractivity contribution in [2.75, 3.05) is 7.05 Å². The van der Waals surface area contributed by atoms with Gasteiger partial charge in [0.1, 0.15) is 11.4 Å². The van der Waals surface area contributed by atoms with Gasteiger partial charge in [-0.05, 0) is 52.3 Å². The van der Waals surface area contributed by atoms with Crippen LogP contribution in [0.3, 0.4) is 0 Å². The zero-order valence-electron chi connectivity index (χ0n) is 21.4. The van der Waals surface area contributed by atoms with Gasteiger partial charge in [0.25, 0.3) is 0 Å². The number of quaternary nitrogens is 1. The molecule has 0 radical (unpaired) electrons. The smallest absolute Gasteiger partial charge is 0.141 e. The lowest BCUT2D eigenvalue weighted by Gasteiger charge is -2.46. The minimum absolute atomic E-state index is 0.0418. The second-order valence-electron chi connectivity index (χ2n) is 10.5. The summed E-state index contributed by atoms with van der Waals surface area (Å²) in [5.41, 5.74) is 12.5. The van der Waals surface area contributed by atoms with E-state index in [1.807, 2.05) is 7.05 Å². The first-order valence-corrected chi connectivity index (χ1v) is 11.9. The predicted molar refractivity (Wildman–Crippen MR) is 141 cm³/mol. The van der Waals surface area contributed by atoms with Gasteiger partial charge in [-0.1, -0.05) is 79.6 Å². The maximum atomic E-state index is 4.92. The van der Waals surface area contributed by atoms with E-state index < -0.39 is 0 Å². The van der Waals surface area contributed by atoms with E-state index in [1.165, 1.54) is 50.3 Å². The maximum absolute atomic E-state index is 4.92. The number of rotatable bonds is 3. The van der Waals surface area contributed by atoms with Crippen molar-refractivity contribution in [3.05, 3.63) is 106 Å². The van der Waals surface area contributed by atoms with Crippen molar-refractivity contribution in [3.63, 3.8) is 0 Å². The molecule has 3 aromatic carbocycles. The van der Waals surface area contributed by atoms with Crippen molar-refractivity contribution in [1.29, 1.82) is 0 Å². The van der Waals surface area contributed by atoms with Crippen molar-refractivity contribution in [1.82, 2.24) is 0 Å². The normalized spacial score (nSPS) is 18.6. The highest BCUT2D eigenvalue weighted by Gasteiger charge is 2.51. The fraction of sp³-hybridized carbons (Fsp3) is 0.323. The van der Waals surface area contributed by atoms with Gasteiger partial charge in [-0.15, -0.1) is 0 Å². The minimum atomic E-state index is -0.103. The quantitative estimate of drug-likeness (QED) is 0.351. The van der Waals surface area contributed by atoms with Gasteiger partial charge in [0.15, 0.2) is 0 Å². The van der Waals surface area contributed by atoms with Crippen LogP contribution in [0.15, 0.2) is 77.4 Å². The molecule has 4 rings (SSSR count). The Labute approximate surface area is 199 Å². The van der Waals surface area contributed by atoms with Gasteiger partial charge in [0.05, 0.1) is 11.3 Å². The molecule has 1 aliphatic heterocycles. The summed E-state index contributed by atoms with van der Waals surface area (Å²) >= 11 is 0. The molecule has 0 atom stereocenters. The van der Waals surface area contributed by atoms with Gasteiger partial charge in [-0.25, -0.2) is 0 Å². The molecule has 1 aliphatic rings. The molecule has 2 heteroatoms. The van der Waals surface area contributed by atoms with Gasteiger partial charge < -0.3 is 0 Å². The van der Waals surface area contributed by atoms with E-state index in [0.29, 0.717) is 0 Å². The van der Waals surface area contributed by atoms with Crippen LogP contribution in [0, 0.1) is 26.2 Å². The van der Waals surface area contributed by atoms with Crippen LogP contribution in [0.4, 0.5) is 5.69 Å². The Bertz CT molecular complexity index is 1240. The van der Waals surface area contributed by atoms with Gasteiger partial charge >= 0.3 is 0 Å². The van der Waals surface area contributed by atoms with E-state index in [0.717, 1.165) is 5.71 Å². The zero-order valence-corrected chi connectivity index (χ0v) is 21.4. The van der Waals surface area contributed by atoms with Crippen LogP contribution in [0.2, 0.25) is 0 Å². The van der Waals surface area contributed by atoms with Crippen LogP contribution in [0.25, 0.3) is 5.57 Å². The number of hydrogen-bond donors (Lipinski definition) is 1. The Morgan fingerprint density at radius 2 is 1.36 bits per heavy atom. The third-order valence-electron chi connectivity index (χ3n) is 7.81. The van der Waals surface area contributed by atoms with Gasteiger partial charge in [0.2, 0.25) is 0 Å². The average molecular weight is 438 g/mol. The second kappa shape index (κ2) is 8.43. The molecule has 0 spiro atoms. The first kappa shape index (κ1) is 23.2. The third kappa shape index (κ3) is 3.87.